The third-order valence-electron chi connectivity index (χ3n) is 4.55. The van der Waals surface area contributed by atoms with Crippen LogP contribution in [0.15, 0.2) is 10.5 Å². The van der Waals surface area contributed by atoms with E-state index in [-0.39, 0.29) is 5.54 Å². The highest BCUT2D eigenvalue weighted by molar-refractivity contribution is 9.10. The average molecular weight is 354 g/mol. The summed E-state index contributed by atoms with van der Waals surface area (Å²) in [5.41, 5.74) is 2.69. The van der Waals surface area contributed by atoms with Crippen molar-refractivity contribution in [2.75, 3.05) is 19.8 Å². The molecule has 1 saturated heterocycles. The molecule has 1 N–H and O–H groups in total. The van der Waals surface area contributed by atoms with Crippen LogP contribution in [-0.4, -0.2) is 19.8 Å². The Morgan fingerprint density at radius 1 is 1.19 bits per heavy atom. The van der Waals surface area contributed by atoms with Crippen molar-refractivity contribution in [3.8, 4) is 11.5 Å². The molecule has 2 aliphatic heterocycles. The monoisotopic (exact) mass is 353 g/mol. The second-order valence-corrected chi connectivity index (χ2v) is 7.40. The first-order valence-electron chi connectivity index (χ1n) is 7.90. The van der Waals surface area contributed by atoms with Crippen LogP contribution in [0.2, 0.25) is 0 Å². The van der Waals surface area contributed by atoms with Crippen molar-refractivity contribution in [2.45, 2.75) is 51.5 Å². The van der Waals surface area contributed by atoms with Gasteiger partial charge in [0, 0.05) is 17.5 Å². The molecule has 2 heterocycles. The van der Waals surface area contributed by atoms with Crippen LogP contribution in [0, 0.1) is 0 Å². The molecule has 0 saturated carbocycles. The molecule has 1 atom stereocenters. The van der Waals surface area contributed by atoms with Gasteiger partial charge in [-0.25, -0.2) is 0 Å². The van der Waals surface area contributed by atoms with E-state index < -0.39 is 0 Å². The third-order valence-corrected chi connectivity index (χ3v) is 5.14. The van der Waals surface area contributed by atoms with Gasteiger partial charge in [-0.1, -0.05) is 13.8 Å². The Morgan fingerprint density at radius 2 is 1.90 bits per heavy atom. The summed E-state index contributed by atoms with van der Waals surface area (Å²) >= 11 is 3.69. The molecule has 0 spiro atoms. The molecule has 1 fully saturated rings. The molecule has 21 heavy (non-hydrogen) atoms. The Labute approximate surface area is 135 Å². The second kappa shape index (κ2) is 5.81. The van der Waals surface area contributed by atoms with Gasteiger partial charge in [0.1, 0.15) is 0 Å². The minimum absolute atomic E-state index is 0.0345. The van der Waals surface area contributed by atoms with Crippen molar-refractivity contribution < 1.29 is 9.47 Å². The van der Waals surface area contributed by atoms with Gasteiger partial charge >= 0.3 is 0 Å². The van der Waals surface area contributed by atoms with Gasteiger partial charge in [-0.05, 0) is 59.8 Å². The van der Waals surface area contributed by atoms with Crippen LogP contribution in [0.25, 0.3) is 0 Å². The van der Waals surface area contributed by atoms with E-state index in [2.05, 4.69) is 48.1 Å². The standard InChI is InChI=1S/C17H24BrNO2/c1-11(2)14-12(17(3)6-4-7-19-17)10-13(18)15-16(14)21-9-5-8-20-15/h10-11,19H,4-9H2,1-3H3. The maximum Gasteiger partial charge on any atom is 0.175 e. The molecule has 4 heteroatoms. The molecule has 3 nitrogen and oxygen atoms in total. The van der Waals surface area contributed by atoms with Crippen molar-refractivity contribution in [3.05, 3.63) is 21.7 Å². The van der Waals surface area contributed by atoms with Crippen LogP contribution in [0.1, 0.15) is 57.1 Å². The molecule has 2 aliphatic rings. The van der Waals surface area contributed by atoms with E-state index in [0.717, 1.165) is 42.2 Å². The number of rotatable bonds is 2. The zero-order chi connectivity index (χ0) is 15.0. The summed E-state index contributed by atoms with van der Waals surface area (Å²) in [6.07, 6.45) is 3.32. The van der Waals surface area contributed by atoms with Crippen molar-refractivity contribution >= 4 is 15.9 Å². The molecule has 0 bridgehead atoms. The smallest absolute Gasteiger partial charge is 0.175 e. The van der Waals surface area contributed by atoms with Gasteiger partial charge in [0.15, 0.2) is 11.5 Å². The number of hydrogen-bond acceptors (Lipinski definition) is 3. The van der Waals surface area contributed by atoms with Crippen molar-refractivity contribution in [2.24, 2.45) is 0 Å². The van der Waals surface area contributed by atoms with E-state index in [1.165, 1.54) is 24.0 Å². The number of fused-ring (bicyclic) bond motifs is 1. The zero-order valence-electron chi connectivity index (χ0n) is 13.1. The average Bonchev–Trinajstić information content (AvgIpc) is 2.73. The predicted molar refractivity (Wildman–Crippen MR) is 88.4 cm³/mol. The molecule has 116 valence electrons. The van der Waals surface area contributed by atoms with Crippen LogP contribution in [0.5, 0.6) is 11.5 Å². The summed E-state index contributed by atoms with van der Waals surface area (Å²) in [5.74, 6) is 2.23. The normalized spacial score (nSPS) is 25.2. The van der Waals surface area contributed by atoms with E-state index in [9.17, 15) is 0 Å². The topological polar surface area (TPSA) is 30.5 Å². The minimum atomic E-state index is 0.0345. The molecule has 3 rings (SSSR count). The van der Waals surface area contributed by atoms with E-state index >= 15 is 0 Å². The van der Waals surface area contributed by atoms with E-state index in [4.69, 9.17) is 9.47 Å². The minimum Gasteiger partial charge on any atom is -0.489 e. The Morgan fingerprint density at radius 3 is 2.52 bits per heavy atom. The quantitative estimate of drug-likeness (QED) is 0.857. The van der Waals surface area contributed by atoms with Gasteiger partial charge in [-0.2, -0.15) is 0 Å². The van der Waals surface area contributed by atoms with Gasteiger partial charge in [0.25, 0.3) is 0 Å². The van der Waals surface area contributed by atoms with Crippen molar-refractivity contribution in [3.63, 3.8) is 0 Å². The van der Waals surface area contributed by atoms with Crippen molar-refractivity contribution in [1.82, 2.24) is 5.32 Å². The molecule has 0 aliphatic carbocycles. The highest BCUT2D eigenvalue weighted by atomic mass is 79.9. The molecular formula is C17H24BrNO2. The number of hydrogen-bond donors (Lipinski definition) is 1. The molecule has 1 aromatic rings. The lowest BCUT2D eigenvalue weighted by Crippen LogP contribution is -2.34. The van der Waals surface area contributed by atoms with Crippen LogP contribution in [0.4, 0.5) is 0 Å². The first kappa shape index (κ1) is 15.2. The Bertz CT molecular complexity index is 536. The number of benzene rings is 1. The molecule has 1 aromatic carbocycles. The van der Waals surface area contributed by atoms with Crippen LogP contribution in [-0.2, 0) is 5.54 Å². The van der Waals surface area contributed by atoms with E-state index in [1.54, 1.807) is 0 Å². The highest BCUT2D eigenvalue weighted by Crippen LogP contribution is 2.48. The SMILES string of the molecule is CC(C)c1c(C2(C)CCCN2)cc(Br)c2c1OCCCO2. The van der Waals surface area contributed by atoms with E-state index in [1.807, 2.05) is 0 Å². The number of ether oxygens (including phenoxy) is 2. The van der Waals surface area contributed by atoms with Gasteiger partial charge in [-0.15, -0.1) is 0 Å². The van der Waals surface area contributed by atoms with Gasteiger partial charge in [0.05, 0.1) is 17.7 Å². The largest absolute Gasteiger partial charge is 0.489 e. The molecule has 0 aromatic heterocycles. The van der Waals surface area contributed by atoms with E-state index in [0.29, 0.717) is 5.92 Å². The summed E-state index contributed by atoms with van der Waals surface area (Å²) in [5, 5.41) is 3.68. The van der Waals surface area contributed by atoms with Crippen LogP contribution < -0.4 is 14.8 Å². The lowest BCUT2D eigenvalue weighted by Gasteiger charge is -2.31. The fourth-order valence-corrected chi connectivity index (χ4v) is 3.99. The van der Waals surface area contributed by atoms with Gasteiger partial charge in [0.2, 0.25) is 0 Å². The van der Waals surface area contributed by atoms with Crippen molar-refractivity contribution in [1.29, 1.82) is 0 Å². The summed E-state index contributed by atoms with van der Waals surface area (Å²) in [6.45, 7) is 9.31. The Hall–Kier alpha value is -0.740. The molecule has 0 radical (unpaired) electrons. The Balaban J connectivity index is 2.20. The summed E-state index contributed by atoms with van der Waals surface area (Å²) in [6, 6.07) is 2.24. The zero-order valence-corrected chi connectivity index (χ0v) is 14.7. The maximum atomic E-state index is 6.08. The molecule has 1 unspecified atom stereocenters. The first-order chi connectivity index (χ1) is 10.0. The fraction of sp³-hybridized carbons (Fsp3) is 0.647. The fourth-order valence-electron chi connectivity index (χ4n) is 3.46. The Kier molecular flexibility index (Phi) is 4.19. The highest BCUT2D eigenvalue weighted by Gasteiger charge is 2.36. The number of halogens is 1. The summed E-state index contributed by atoms with van der Waals surface area (Å²) in [7, 11) is 0. The third kappa shape index (κ3) is 2.68. The van der Waals surface area contributed by atoms with Crippen LogP contribution in [0.3, 0.4) is 0 Å². The van der Waals surface area contributed by atoms with Gasteiger partial charge in [-0.3, -0.25) is 0 Å². The lowest BCUT2D eigenvalue weighted by atomic mass is 9.82. The van der Waals surface area contributed by atoms with Crippen LogP contribution >= 0.6 is 15.9 Å². The van der Waals surface area contributed by atoms with Gasteiger partial charge < -0.3 is 14.8 Å². The summed E-state index contributed by atoms with van der Waals surface area (Å²) in [4.78, 5) is 0. The molecule has 0 amide bonds. The number of nitrogens with one attached hydrogen (secondary N) is 1. The lowest BCUT2D eigenvalue weighted by molar-refractivity contribution is 0.295. The summed E-state index contributed by atoms with van der Waals surface area (Å²) < 4.78 is 13.0. The second-order valence-electron chi connectivity index (χ2n) is 6.55. The maximum absolute atomic E-state index is 6.08. The molecular weight excluding hydrogens is 330 g/mol. The predicted octanol–water partition coefficient (Wildman–Crippen LogP) is 4.33. The first-order valence-corrected chi connectivity index (χ1v) is 8.70.